The fourth-order valence-electron chi connectivity index (χ4n) is 2.98. The van der Waals surface area contributed by atoms with Gasteiger partial charge in [0, 0.05) is 18.0 Å². The lowest BCUT2D eigenvalue weighted by Crippen LogP contribution is -2.60. The number of hydrogen-bond acceptors (Lipinski definition) is 4. The molecular formula is C15H27N3O3. The number of nitrogens with zero attached hydrogens (tertiary/aromatic N) is 1. The van der Waals surface area contributed by atoms with E-state index < -0.39 is 6.04 Å². The third-order valence-corrected chi connectivity index (χ3v) is 4.35. The molecule has 2 amide bonds. The summed E-state index contributed by atoms with van der Waals surface area (Å²) >= 11 is 0. The molecule has 21 heavy (non-hydrogen) atoms. The molecule has 2 rings (SSSR count). The second-order valence-electron chi connectivity index (χ2n) is 6.56. The fraction of sp³-hybridized carbons (Fsp3) is 0.867. The third kappa shape index (κ3) is 3.74. The molecule has 2 aliphatic rings. The number of carbonyl (C=O) groups is 2. The predicted molar refractivity (Wildman–Crippen MR) is 79.8 cm³/mol. The third-order valence-electron chi connectivity index (χ3n) is 4.35. The highest BCUT2D eigenvalue weighted by molar-refractivity contribution is 5.90. The predicted octanol–water partition coefficient (Wildman–Crippen LogP) is 0.128. The van der Waals surface area contributed by atoms with E-state index in [0.717, 1.165) is 25.9 Å². The molecule has 6 heteroatoms. The summed E-state index contributed by atoms with van der Waals surface area (Å²) < 4.78 is 5.42. The zero-order chi connectivity index (χ0) is 15.5. The Kier molecular flexibility index (Phi) is 5.22. The summed E-state index contributed by atoms with van der Waals surface area (Å²) in [7, 11) is 0. The van der Waals surface area contributed by atoms with Gasteiger partial charge in [0.25, 0.3) is 0 Å². The van der Waals surface area contributed by atoms with Crippen LogP contribution in [0.2, 0.25) is 0 Å². The van der Waals surface area contributed by atoms with Crippen LogP contribution in [0.4, 0.5) is 0 Å². The van der Waals surface area contributed by atoms with Crippen LogP contribution < -0.4 is 10.6 Å². The monoisotopic (exact) mass is 297 g/mol. The van der Waals surface area contributed by atoms with Crippen LogP contribution in [-0.4, -0.2) is 61.6 Å². The number of morpholine rings is 1. The number of rotatable bonds is 3. The molecule has 2 N–H and O–H groups in total. The first-order valence-electron chi connectivity index (χ1n) is 7.84. The Morgan fingerprint density at radius 1 is 1.33 bits per heavy atom. The van der Waals surface area contributed by atoms with Crippen LogP contribution in [-0.2, 0) is 14.3 Å². The van der Waals surface area contributed by atoms with E-state index in [1.54, 1.807) is 4.90 Å². The Balaban J connectivity index is 2.10. The van der Waals surface area contributed by atoms with Crippen LogP contribution in [0.25, 0.3) is 0 Å². The lowest BCUT2D eigenvalue weighted by molar-refractivity contribution is -0.157. The first-order chi connectivity index (χ1) is 9.94. The molecule has 0 saturated carbocycles. The number of piperidine rings is 1. The zero-order valence-corrected chi connectivity index (χ0v) is 13.3. The first-order valence-corrected chi connectivity index (χ1v) is 7.84. The van der Waals surface area contributed by atoms with E-state index in [-0.39, 0.29) is 23.3 Å². The number of nitrogens with one attached hydrogen (secondary N) is 2. The van der Waals surface area contributed by atoms with Crippen LogP contribution in [0.5, 0.6) is 0 Å². The van der Waals surface area contributed by atoms with Crippen LogP contribution in [0.15, 0.2) is 0 Å². The van der Waals surface area contributed by atoms with Crippen molar-refractivity contribution in [3.8, 4) is 0 Å². The summed E-state index contributed by atoms with van der Waals surface area (Å²) in [6.45, 7) is 8.86. The Hall–Kier alpha value is -1.14. The van der Waals surface area contributed by atoms with Crippen molar-refractivity contribution in [2.45, 2.75) is 45.7 Å². The molecule has 0 aromatic carbocycles. The zero-order valence-electron chi connectivity index (χ0n) is 13.3. The summed E-state index contributed by atoms with van der Waals surface area (Å²) in [6.07, 6.45) is 1.64. The summed E-state index contributed by atoms with van der Waals surface area (Å²) in [4.78, 5) is 27.0. The summed E-state index contributed by atoms with van der Waals surface area (Å²) in [5.74, 6) is -0.0215. The molecule has 2 heterocycles. The molecule has 2 fully saturated rings. The van der Waals surface area contributed by atoms with E-state index in [4.69, 9.17) is 4.74 Å². The molecule has 1 unspecified atom stereocenters. The molecule has 1 atom stereocenters. The average Bonchev–Trinajstić information content (AvgIpc) is 2.46. The first kappa shape index (κ1) is 16.2. The highest BCUT2D eigenvalue weighted by atomic mass is 16.5. The van der Waals surface area contributed by atoms with Gasteiger partial charge in [0.2, 0.25) is 11.8 Å². The van der Waals surface area contributed by atoms with Crippen molar-refractivity contribution < 1.29 is 14.3 Å². The van der Waals surface area contributed by atoms with Gasteiger partial charge in [-0.2, -0.15) is 0 Å². The van der Waals surface area contributed by atoms with Gasteiger partial charge in [0.15, 0.2) is 0 Å². The lowest BCUT2D eigenvalue weighted by Gasteiger charge is -2.42. The fourth-order valence-corrected chi connectivity index (χ4v) is 2.98. The molecular weight excluding hydrogens is 270 g/mol. The van der Waals surface area contributed by atoms with Gasteiger partial charge in [-0.15, -0.1) is 0 Å². The number of hydrogen-bond donors (Lipinski definition) is 2. The molecule has 2 saturated heterocycles. The van der Waals surface area contributed by atoms with E-state index >= 15 is 0 Å². The lowest BCUT2D eigenvalue weighted by atomic mass is 9.79. The van der Waals surface area contributed by atoms with E-state index in [2.05, 4.69) is 10.6 Å². The van der Waals surface area contributed by atoms with Gasteiger partial charge in [0.05, 0.1) is 13.2 Å². The molecule has 6 nitrogen and oxygen atoms in total. The van der Waals surface area contributed by atoms with E-state index in [1.807, 2.05) is 20.8 Å². The van der Waals surface area contributed by atoms with Crippen molar-refractivity contribution >= 4 is 11.8 Å². The standard InChI is InChI=1S/C15H27N3O3/c1-11(2)17-13(19)12-10-21-9-8-18(12)14(20)15(3)4-6-16-7-5-15/h11-12,16H,4-10H2,1-3H3,(H,17,19). The van der Waals surface area contributed by atoms with Crippen molar-refractivity contribution in [1.29, 1.82) is 0 Å². The molecule has 120 valence electrons. The number of carbonyl (C=O) groups excluding carboxylic acids is 2. The molecule has 0 bridgehead atoms. The Labute approximate surface area is 126 Å². The van der Waals surface area contributed by atoms with Crippen LogP contribution in [0.3, 0.4) is 0 Å². The molecule has 0 aromatic rings. The smallest absolute Gasteiger partial charge is 0.245 e. The highest BCUT2D eigenvalue weighted by Gasteiger charge is 2.42. The van der Waals surface area contributed by atoms with Gasteiger partial charge < -0.3 is 20.3 Å². The minimum absolute atomic E-state index is 0.0610. The quantitative estimate of drug-likeness (QED) is 0.777. The Morgan fingerprint density at radius 2 is 2.00 bits per heavy atom. The maximum absolute atomic E-state index is 12.9. The van der Waals surface area contributed by atoms with Gasteiger partial charge in [-0.05, 0) is 39.8 Å². The minimum atomic E-state index is -0.500. The molecule has 0 aliphatic carbocycles. The highest BCUT2D eigenvalue weighted by Crippen LogP contribution is 2.31. The van der Waals surface area contributed by atoms with Crippen LogP contribution >= 0.6 is 0 Å². The van der Waals surface area contributed by atoms with Gasteiger partial charge in [-0.3, -0.25) is 9.59 Å². The second kappa shape index (κ2) is 6.75. The van der Waals surface area contributed by atoms with Gasteiger partial charge in [0.1, 0.15) is 6.04 Å². The van der Waals surface area contributed by atoms with E-state index in [0.29, 0.717) is 19.8 Å². The van der Waals surface area contributed by atoms with Crippen molar-refractivity contribution in [2.75, 3.05) is 32.8 Å². The topological polar surface area (TPSA) is 70.7 Å². The van der Waals surface area contributed by atoms with Crippen LogP contribution in [0.1, 0.15) is 33.6 Å². The van der Waals surface area contributed by atoms with Crippen molar-refractivity contribution in [2.24, 2.45) is 5.41 Å². The van der Waals surface area contributed by atoms with Gasteiger partial charge in [-0.1, -0.05) is 6.92 Å². The van der Waals surface area contributed by atoms with Gasteiger partial charge >= 0.3 is 0 Å². The molecule has 2 aliphatic heterocycles. The van der Waals surface area contributed by atoms with E-state index in [9.17, 15) is 9.59 Å². The summed E-state index contributed by atoms with van der Waals surface area (Å²) in [5, 5.41) is 6.17. The maximum Gasteiger partial charge on any atom is 0.245 e. The SMILES string of the molecule is CC(C)NC(=O)C1COCCN1C(=O)C1(C)CCNCC1. The van der Waals surface area contributed by atoms with Crippen LogP contribution in [0, 0.1) is 5.41 Å². The number of ether oxygens (including phenoxy) is 1. The number of amides is 2. The normalized spacial score (nSPS) is 25.7. The van der Waals surface area contributed by atoms with Crippen molar-refractivity contribution in [1.82, 2.24) is 15.5 Å². The summed E-state index contributed by atoms with van der Waals surface area (Å²) in [5.41, 5.74) is -0.362. The van der Waals surface area contributed by atoms with Crippen molar-refractivity contribution in [3.05, 3.63) is 0 Å². The molecule has 0 spiro atoms. The van der Waals surface area contributed by atoms with Crippen molar-refractivity contribution in [3.63, 3.8) is 0 Å². The minimum Gasteiger partial charge on any atom is -0.377 e. The second-order valence-corrected chi connectivity index (χ2v) is 6.56. The Bertz CT molecular complexity index is 392. The Morgan fingerprint density at radius 3 is 2.62 bits per heavy atom. The average molecular weight is 297 g/mol. The largest absolute Gasteiger partial charge is 0.377 e. The maximum atomic E-state index is 12.9. The summed E-state index contributed by atoms with van der Waals surface area (Å²) in [6, 6.07) is -0.439. The molecule has 0 radical (unpaired) electrons. The van der Waals surface area contributed by atoms with Gasteiger partial charge in [-0.25, -0.2) is 0 Å². The molecule has 0 aromatic heterocycles. The van der Waals surface area contributed by atoms with E-state index in [1.165, 1.54) is 0 Å².